The summed E-state index contributed by atoms with van der Waals surface area (Å²) in [5.74, 6) is 0. The number of hydrogen-bond donors (Lipinski definition) is 4. The second-order valence-electron chi connectivity index (χ2n) is 5.64. The Balaban J connectivity index is 3.17. The van der Waals surface area contributed by atoms with Gasteiger partial charge in [0.25, 0.3) is 4.67 Å². The first-order chi connectivity index (χ1) is 8.87. The Morgan fingerprint density at radius 2 is 1.90 bits per heavy atom. The predicted molar refractivity (Wildman–Crippen MR) is 72.4 cm³/mol. The highest BCUT2D eigenvalue weighted by Crippen LogP contribution is 2.55. The molecule has 20 heavy (non-hydrogen) atoms. The van der Waals surface area contributed by atoms with Crippen molar-refractivity contribution in [2.75, 3.05) is 20.1 Å². The molecule has 4 N–H and O–H groups in total. The third-order valence-electron chi connectivity index (χ3n) is 4.43. The summed E-state index contributed by atoms with van der Waals surface area (Å²) in [6.45, 7) is 3.28. The van der Waals surface area contributed by atoms with Gasteiger partial charge in [0.2, 0.25) is 0 Å². The number of likely N-dealkylation sites (tertiary alicyclic amines) is 1. The highest BCUT2D eigenvalue weighted by atomic mass is 32.2. The Bertz CT molecular complexity index is 504. The molecule has 1 heterocycles. The molecule has 0 aromatic rings. The van der Waals surface area contributed by atoms with Crippen LogP contribution in [-0.4, -0.2) is 63.2 Å². The SMILES string of the molecule is CC[N+]1(C)CCCCC1CC(O)(P(=O)(O)O)S(=O)(=O)O. The molecule has 0 radical (unpaired) electrons. The standard InChI is InChI=1S/C10H22NO7PS/c1-3-11(2)7-5-4-6-9(11)8-10(12,19(13,14)15)20(16,17)18/h9,12H,3-8H2,1-2H3,(H2-,13,14,15,16,17,18)/p+1. The van der Waals surface area contributed by atoms with Gasteiger partial charge in [-0.15, -0.1) is 0 Å². The summed E-state index contributed by atoms with van der Waals surface area (Å²) in [7, 11) is -8.88. The lowest BCUT2D eigenvalue weighted by molar-refractivity contribution is -0.937. The Hall–Kier alpha value is -0.0200. The fraction of sp³-hybridized carbons (Fsp3) is 1.00. The van der Waals surface area contributed by atoms with Gasteiger partial charge in [-0.3, -0.25) is 9.12 Å². The molecule has 0 bridgehead atoms. The number of hydrogen-bond acceptors (Lipinski definition) is 4. The summed E-state index contributed by atoms with van der Waals surface area (Å²) in [6, 6.07) is -0.437. The van der Waals surface area contributed by atoms with Crippen LogP contribution in [0.25, 0.3) is 0 Å². The van der Waals surface area contributed by atoms with Crippen LogP contribution in [0.5, 0.6) is 0 Å². The summed E-state index contributed by atoms with van der Waals surface area (Å²) >= 11 is 0. The molecule has 0 aliphatic carbocycles. The molecule has 3 atom stereocenters. The minimum Gasteiger partial charge on any atom is -0.363 e. The normalized spacial score (nSPS) is 31.8. The number of nitrogens with zero attached hydrogens (tertiary/aromatic N) is 1. The van der Waals surface area contributed by atoms with E-state index in [1.807, 2.05) is 14.0 Å². The molecule has 120 valence electrons. The minimum absolute atomic E-state index is 0.415. The smallest absolute Gasteiger partial charge is 0.363 e. The quantitative estimate of drug-likeness (QED) is 0.319. The molecule has 1 fully saturated rings. The molecule has 0 spiro atoms. The van der Waals surface area contributed by atoms with Gasteiger partial charge in [0.05, 0.1) is 32.6 Å². The lowest BCUT2D eigenvalue weighted by Gasteiger charge is -2.46. The van der Waals surface area contributed by atoms with Crippen molar-refractivity contribution in [3.8, 4) is 0 Å². The molecule has 1 saturated heterocycles. The summed E-state index contributed by atoms with van der Waals surface area (Å²) in [4.78, 5) is 18.3. The van der Waals surface area contributed by atoms with Crippen LogP contribution in [0, 0.1) is 0 Å². The second kappa shape index (κ2) is 5.64. The van der Waals surface area contributed by atoms with Crippen LogP contribution in [0.1, 0.15) is 32.6 Å². The van der Waals surface area contributed by atoms with E-state index in [1.165, 1.54) is 0 Å². The van der Waals surface area contributed by atoms with Gasteiger partial charge < -0.3 is 19.4 Å². The predicted octanol–water partition coefficient (Wildman–Crippen LogP) is 0.107. The monoisotopic (exact) mass is 332 g/mol. The number of piperidine rings is 1. The fourth-order valence-electron chi connectivity index (χ4n) is 2.77. The molecular weight excluding hydrogens is 309 g/mol. The first-order valence-corrected chi connectivity index (χ1v) is 9.52. The maximum Gasteiger partial charge on any atom is 0.375 e. The van der Waals surface area contributed by atoms with Crippen molar-refractivity contribution in [1.82, 2.24) is 0 Å². The highest BCUT2D eigenvalue weighted by Gasteiger charge is 2.59. The van der Waals surface area contributed by atoms with Crippen molar-refractivity contribution < 1.29 is 36.9 Å². The van der Waals surface area contributed by atoms with Gasteiger partial charge >= 0.3 is 17.7 Å². The zero-order valence-electron chi connectivity index (χ0n) is 11.6. The van der Waals surface area contributed by atoms with Gasteiger partial charge in [0, 0.05) is 0 Å². The Morgan fingerprint density at radius 1 is 1.35 bits per heavy atom. The van der Waals surface area contributed by atoms with Crippen LogP contribution in [0.15, 0.2) is 0 Å². The zero-order chi connectivity index (χ0) is 15.8. The molecule has 1 aliphatic rings. The van der Waals surface area contributed by atoms with Crippen LogP contribution in [-0.2, 0) is 14.7 Å². The molecule has 0 aromatic carbocycles. The minimum atomic E-state index is -5.44. The average Bonchev–Trinajstić information content (AvgIpc) is 2.29. The van der Waals surface area contributed by atoms with E-state index < -0.39 is 34.9 Å². The van der Waals surface area contributed by atoms with Gasteiger partial charge in [0.1, 0.15) is 0 Å². The number of aliphatic hydroxyl groups is 1. The van der Waals surface area contributed by atoms with Crippen LogP contribution in [0.3, 0.4) is 0 Å². The van der Waals surface area contributed by atoms with E-state index in [0.717, 1.165) is 19.4 Å². The van der Waals surface area contributed by atoms with Crippen molar-refractivity contribution in [2.45, 2.75) is 43.3 Å². The first kappa shape index (κ1) is 18.0. The molecule has 8 nitrogen and oxygen atoms in total. The second-order valence-corrected chi connectivity index (χ2v) is 9.39. The van der Waals surface area contributed by atoms with Gasteiger partial charge in [-0.2, -0.15) is 8.42 Å². The van der Waals surface area contributed by atoms with Crippen LogP contribution >= 0.6 is 7.60 Å². The summed E-state index contributed by atoms with van der Waals surface area (Å²) < 4.78 is 40.0. The Kier molecular flexibility index (Phi) is 5.09. The molecule has 1 rings (SSSR count). The number of quaternary nitrogens is 1. The lowest BCUT2D eigenvalue weighted by Crippen LogP contribution is -2.58. The third-order valence-corrected chi connectivity index (χ3v) is 7.92. The Labute approximate surface area is 118 Å². The summed E-state index contributed by atoms with van der Waals surface area (Å²) in [5.41, 5.74) is 0. The van der Waals surface area contributed by atoms with Crippen molar-refractivity contribution >= 4 is 17.7 Å². The van der Waals surface area contributed by atoms with E-state index in [1.54, 1.807) is 0 Å². The topological polar surface area (TPSA) is 132 Å². The van der Waals surface area contributed by atoms with Gasteiger partial charge in [-0.05, 0) is 26.2 Å². The van der Waals surface area contributed by atoms with Crippen molar-refractivity contribution in [3.05, 3.63) is 0 Å². The molecule has 3 unspecified atom stereocenters. The molecular formula is C10H23NO7PS+. The molecule has 10 heteroatoms. The van der Waals surface area contributed by atoms with Crippen LogP contribution in [0.2, 0.25) is 0 Å². The van der Waals surface area contributed by atoms with Gasteiger partial charge in [0.15, 0.2) is 0 Å². The fourth-order valence-corrected chi connectivity index (χ4v) is 4.82. The van der Waals surface area contributed by atoms with E-state index in [4.69, 9.17) is 14.3 Å². The largest absolute Gasteiger partial charge is 0.375 e. The average molecular weight is 332 g/mol. The first-order valence-electron chi connectivity index (χ1n) is 6.46. The maximum absolute atomic E-state index is 11.4. The van der Waals surface area contributed by atoms with E-state index in [-0.39, 0.29) is 0 Å². The summed E-state index contributed by atoms with van der Waals surface area (Å²) in [5, 5.41) is 9.95. The van der Waals surface area contributed by atoms with Crippen molar-refractivity contribution in [2.24, 2.45) is 0 Å². The van der Waals surface area contributed by atoms with Crippen LogP contribution < -0.4 is 0 Å². The van der Waals surface area contributed by atoms with E-state index in [0.29, 0.717) is 17.4 Å². The van der Waals surface area contributed by atoms with E-state index in [9.17, 15) is 18.1 Å². The molecule has 1 aliphatic heterocycles. The molecule has 0 amide bonds. The van der Waals surface area contributed by atoms with E-state index in [2.05, 4.69) is 0 Å². The summed E-state index contributed by atoms with van der Waals surface area (Å²) in [6.07, 6.45) is 1.59. The van der Waals surface area contributed by atoms with Gasteiger partial charge in [-0.1, -0.05) is 0 Å². The van der Waals surface area contributed by atoms with Crippen molar-refractivity contribution in [3.63, 3.8) is 0 Å². The third kappa shape index (κ3) is 3.24. The van der Waals surface area contributed by atoms with Crippen molar-refractivity contribution in [1.29, 1.82) is 0 Å². The van der Waals surface area contributed by atoms with Gasteiger partial charge in [-0.25, -0.2) is 0 Å². The van der Waals surface area contributed by atoms with E-state index >= 15 is 0 Å². The molecule has 0 aromatic heterocycles. The lowest BCUT2D eigenvalue weighted by atomic mass is 9.96. The highest BCUT2D eigenvalue weighted by molar-refractivity contribution is 7.94. The van der Waals surface area contributed by atoms with Crippen LogP contribution in [0.4, 0.5) is 0 Å². The number of rotatable bonds is 5. The zero-order valence-corrected chi connectivity index (χ0v) is 13.3. The molecule has 0 saturated carbocycles. The Morgan fingerprint density at radius 3 is 2.30 bits per heavy atom. The maximum atomic E-state index is 11.4.